The smallest absolute Gasteiger partial charge is 0.191 e. The topological polar surface area (TPSA) is 88.6 Å². The van der Waals surface area contributed by atoms with Crippen molar-refractivity contribution in [3.05, 3.63) is 65.5 Å². The quantitative estimate of drug-likeness (QED) is 0.582. The van der Waals surface area contributed by atoms with Crippen LogP contribution in [-0.2, 0) is 22.6 Å². The number of aromatic nitrogens is 3. The third-order valence-electron chi connectivity index (χ3n) is 5.15. The van der Waals surface area contributed by atoms with Crippen LogP contribution >= 0.6 is 11.8 Å². The van der Waals surface area contributed by atoms with Crippen molar-refractivity contribution in [3.8, 4) is 17.2 Å². The molecule has 0 amide bonds. The van der Waals surface area contributed by atoms with Crippen molar-refractivity contribution >= 4 is 21.6 Å². The third-order valence-corrected chi connectivity index (χ3v) is 8.01. The summed E-state index contributed by atoms with van der Waals surface area (Å²) in [6, 6.07) is 18.0. The van der Waals surface area contributed by atoms with Gasteiger partial charge < -0.3 is 4.57 Å². The van der Waals surface area contributed by atoms with E-state index in [4.69, 9.17) is 0 Å². The molecule has 3 aromatic rings. The van der Waals surface area contributed by atoms with Crippen LogP contribution < -0.4 is 0 Å². The Labute approximate surface area is 174 Å². The average molecular weight is 425 g/mol. The van der Waals surface area contributed by atoms with Gasteiger partial charge in [0.05, 0.1) is 23.1 Å². The molecule has 1 fully saturated rings. The zero-order chi connectivity index (χ0) is 20.4. The van der Waals surface area contributed by atoms with Gasteiger partial charge in [-0.3, -0.25) is 0 Å². The summed E-state index contributed by atoms with van der Waals surface area (Å²) in [6.07, 6.45) is 0.616. The highest BCUT2D eigenvalue weighted by Crippen LogP contribution is 2.30. The van der Waals surface area contributed by atoms with Gasteiger partial charge in [-0.1, -0.05) is 54.2 Å². The normalized spacial score (nSPS) is 17.9. The van der Waals surface area contributed by atoms with Gasteiger partial charge in [0.2, 0.25) is 0 Å². The van der Waals surface area contributed by atoms with Crippen LogP contribution in [0, 0.1) is 11.3 Å². The van der Waals surface area contributed by atoms with Gasteiger partial charge in [-0.25, -0.2) is 8.42 Å². The summed E-state index contributed by atoms with van der Waals surface area (Å²) in [4.78, 5) is 0. The molecule has 0 bridgehead atoms. The molecular formula is C21H20N4O2S2. The molecule has 0 saturated carbocycles. The van der Waals surface area contributed by atoms with E-state index in [1.54, 1.807) is 11.8 Å². The number of rotatable bonds is 5. The predicted octanol–water partition coefficient (Wildman–Crippen LogP) is 3.55. The minimum absolute atomic E-state index is 0.0636. The summed E-state index contributed by atoms with van der Waals surface area (Å²) in [5, 5.41) is 18.6. The highest BCUT2D eigenvalue weighted by molar-refractivity contribution is 7.98. The van der Waals surface area contributed by atoms with Crippen molar-refractivity contribution in [1.29, 1.82) is 5.26 Å². The van der Waals surface area contributed by atoms with Crippen LogP contribution in [0.3, 0.4) is 0 Å². The van der Waals surface area contributed by atoms with Crippen molar-refractivity contribution in [1.82, 2.24) is 14.8 Å². The van der Waals surface area contributed by atoms with Crippen molar-refractivity contribution in [3.63, 3.8) is 0 Å². The maximum absolute atomic E-state index is 11.7. The van der Waals surface area contributed by atoms with E-state index in [1.165, 1.54) is 0 Å². The van der Waals surface area contributed by atoms with E-state index in [-0.39, 0.29) is 17.4 Å². The van der Waals surface area contributed by atoms with E-state index in [1.807, 2.05) is 48.0 Å². The van der Waals surface area contributed by atoms with Gasteiger partial charge in [0.15, 0.2) is 15.0 Å². The highest BCUT2D eigenvalue weighted by Gasteiger charge is 2.32. The van der Waals surface area contributed by atoms with Gasteiger partial charge in [-0.15, -0.1) is 10.2 Å². The molecule has 0 spiro atoms. The molecule has 2 aromatic carbocycles. The number of sulfone groups is 1. The Kier molecular flexibility index (Phi) is 5.43. The van der Waals surface area contributed by atoms with Crippen LogP contribution in [-0.4, -0.2) is 34.7 Å². The first-order valence-electron chi connectivity index (χ1n) is 9.28. The minimum Gasteiger partial charge on any atom is -0.309 e. The van der Waals surface area contributed by atoms with E-state index in [0.717, 1.165) is 33.4 Å². The van der Waals surface area contributed by atoms with Crippen molar-refractivity contribution in [2.24, 2.45) is 7.05 Å². The van der Waals surface area contributed by atoms with Gasteiger partial charge in [0.1, 0.15) is 5.82 Å². The van der Waals surface area contributed by atoms with Crippen LogP contribution in [0.1, 0.15) is 29.3 Å². The number of nitriles is 1. The van der Waals surface area contributed by atoms with E-state index >= 15 is 0 Å². The summed E-state index contributed by atoms with van der Waals surface area (Å²) in [5.74, 6) is 1.81. The Balaban J connectivity index is 1.44. The summed E-state index contributed by atoms with van der Waals surface area (Å²) >= 11 is 1.58. The van der Waals surface area contributed by atoms with Crippen molar-refractivity contribution < 1.29 is 8.42 Å². The fraction of sp³-hybridized carbons (Fsp3) is 0.286. The molecule has 29 heavy (non-hydrogen) atoms. The zero-order valence-corrected chi connectivity index (χ0v) is 17.6. The molecule has 1 atom stereocenters. The fourth-order valence-electron chi connectivity index (χ4n) is 3.57. The Morgan fingerprint density at radius 2 is 1.93 bits per heavy atom. The number of thioether (sulfide) groups is 1. The molecule has 1 aliphatic heterocycles. The Morgan fingerprint density at radius 1 is 1.17 bits per heavy atom. The zero-order valence-electron chi connectivity index (χ0n) is 15.9. The average Bonchev–Trinajstić information content (AvgIpc) is 3.28. The van der Waals surface area contributed by atoms with E-state index in [0.29, 0.717) is 12.0 Å². The Morgan fingerprint density at radius 3 is 2.62 bits per heavy atom. The first-order valence-corrected chi connectivity index (χ1v) is 12.1. The lowest BCUT2D eigenvalue weighted by Crippen LogP contribution is -2.09. The molecule has 0 radical (unpaired) electrons. The monoisotopic (exact) mass is 424 g/mol. The number of hydrogen-bond donors (Lipinski definition) is 0. The lowest BCUT2D eigenvalue weighted by molar-refractivity contribution is 0.599. The largest absolute Gasteiger partial charge is 0.309 e. The van der Waals surface area contributed by atoms with Crippen LogP contribution in [0.4, 0.5) is 0 Å². The summed E-state index contributed by atoms with van der Waals surface area (Å²) in [5.41, 5.74) is 3.74. The molecule has 1 saturated heterocycles. The van der Waals surface area contributed by atoms with Crippen LogP contribution in [0.15, 0.2) is 53.7 Å². The van der Waals surface area contributed by atoms with E-state index in [9.17, 15) is 13.7 Å². The molecule has 2 heterocycles. The second-order valence-corrected chi connectivity index (χ2v) is 10.3. The molecule has 1 aromatic heterocycles. The second kappa shape index (κ2) is 8.01. The van der Waals surface area contributed by atoms with Crippen molar-refractivity contribution in [2.45, 2.75) is 23.2 Å². The first-order chi connectivity index (χ1) is 14.0. The van der Waals surface area contributed by atoms with Gasteiger partial charge in [-0.2, -0.15) is 5.26 Å². The lowest BCUT2D eigenvalue weighted by Gasteiger charge is -2.08. The summed E-state index contributed by atoms with van der Waals surface area (Å²) in [6.45, 7) is 0. The number of benzene rings is 2. The summed E-state index contributed by atoms with van der Waals surface area (Å²) in [7, 11) is -1.05. The Hall–Kier alpha value is -2.63. The maximum Gasteiger partial charge on any atom is 0.191 e. The standard InChI is InChI=1S/C21H20N4O2S2/c1-25-20(18-10-11-29(26,27)14-18)23-24-21(25)28-13-15-6-8-16(9-7-15)19-5-3-2-4-17(19)12-22/h2-9,18H,10-11,13-14H2,1H3/t18-/m0/s1. The van der Waals surface area contributed by atoms with E-state index < -0.39 is 9.84 Å². The molecule has 8 heteroatoms. The lowest BCUT2D eigenvalue weighted by atomic mass is 10.00. The number of hydrogen-bond acceptors (Lipinski definition) is 6. The maximum atomic E-state index is 11.7. The van der Waals surface area contributed by atoms with Crippen LogP contribution in [0.25, 0.3) is 11.1 Å². The van der Waals surface area contributed by atoms with Crippen molar-refractivity contribution in [2.75, 3.05) is 11.5 Å². The van der Waals surface area contributed by atoms with Gasteiger partial charge in [0, 0.05) is 18.7 Å². The summed E-state index contributed by atoms with van der Waals surface area (Å²) < 4.78 is 25.4. The van der Waals surface area contributed by atoms with Gasteiger partial charge >= 0.3 is 0 Å². The molecule has 4 rings (SSSR count). The minimum atomic E-state index is -2.95. The molecule has 6 nitrogen and oxygen atoms in total. The third kappa shape index (κ3) is 4.21. The van der Waals surface area contributed by atoms with Gasteiger partial charge in [0.25, 0.3) is 0 Å². The predicted molar refractivity (Wildman–Crippen MR) is 113 cm³/mol. The molecule has 0 aliphatic carbocycles. The SMILES string of the molecule is Cn1c(SCc2ccc(-c3ccccc3C#N)cc2)nnc1[C@H]1CCS(=O)(=O)C1. The highest BCUT2D eigenvalue weighted by atomic mass is 32.2. The fourth-order valence-corrected chi connectivity index (χ4v) is 6.18. The van der Waals surface area contributed by atoms with Crippen LogP contribution in [0.5, 0.6) is 0 Å². The molecule has 0 N–H and O–H groups in total. The second-order valence-electron chi connectivity index (χ2n) is 7.14. The van der Waals surface area contributed by atoms with E-state index in [2.05, 4.69) is 28.4 Å². The number of nitrogens with zero attached hydrogens (tertiary/aromatic N) is 4. The molecular weight excluding hydrogens is 404 g/mol. The Bertz CT molecular complexity index is 1180. The first kappa shape index (κ1) is 19.7. The van der Waals surface area contributed by atoms with Crippen LogP contribution in [0.2, 0.25) is 0 Å². The molecule has 0 unspecified atom stereocenters. The molecule has 148 valence electrons. The molecule has 1 aliphatic rings. The van der Waals surface area contributed by atoms with Gasteiger partial charge in [-0.05, 0) is 29.2 Å².